The zero-order chi connectivity index (χ0) is 15.2. The van der Waals surface area contributed by atoms with Gasteiger partial charge in [-0.15, -0.1) is 11.6 Å². The zero-order valence-electron chi connectivity index (χ0n) is 11.1. The molecule has 0 unspecified atom stereocenters. The standard InChI is InChI=1S/C16H13ClO3S/c17-10-16(20)21-14-7-5-13(6-8-14)12-3-1-11(2-4-12)9-15(18)19/h1-8H,9-10H2,(H,18,19). The van der Waals surface area contributed by atoms with E-state index in [-0.39, 0.29) is 17.4 Å². The van der Waals surface area contributed by atoms with Gasteiger partial charge in [-0.1, -0.05) is 48.2 Å². The highest BCUT2D eigenvalue weighted by Crippen LogP contribution is 2.25. The Hall–Kier alpha value is -1.78. The molecule has 2 rings (SSSR count). The van der Waals surface area contributed by atoms with E-state index in [1.807, 2.05) is 48.5 Å². The van der Waals surface area contributed by atoms with E-state index in [4.69, 9.17) is 16.7 Å². The van der Waals surface area contributed by atoms with Crippen molar-refractivity contribution in [3.8, 4) is 11.1 Å². The summed E-state index contributed by atoms with van der Waals surface area (Å²) in [6.07, 6.45) is 0.0242. The molecule has 0 saturated carbocycles. The molecule has 0 aromatic heterocycles. The second-order valence-corrected chi connectivity index (χ2v) is 5.80. The van der Waals surface area contributed by atoms with Gasteiger partial charge in [-0.05, 0) is 28.8 Å². The summed E-state index contributed by atoms with van der Waals surface area (Å²) < 4.78 is 0. The lowest BCUT2D eigenvalue weighted by Gasteiger charge is -2.05. The molecule has 0 radical (unpaired) electrons. The Balaban J connectivity index is 2.11. The fraction of sp³-hybridized carbons (Fsp3) is 0.125. The molecule has 0 heterocycles. The number of benzene rings is 2. The maximum absolute atomic E-state index is 11.2. The molecule has 2 aromatic rings. The van der Waals surface area contributed by atoms with Gasteiger partial charge in [-0.2, -0.15) is 0 Å². The molecule has 0 aliphatic carbocycles. The Labute approximate surface area is 131 Å². The summed E-state index contributed by atoms with van der Waals surface area (Å²) >= 11 is 6.59. The van der Waals surface area contributed by atoms with Gasteiger partial charge in [0.15, 0.2) is 0 Å². The molecule has 1 N–H and O–H groups in total. The Morgan fingerprint density at radius 3 is 1.95 bits per heavy atom. The molecular formula is C16H13ClO3S. The Morgan fingerprint density at radius 1 is 0.952 bits per heavy atom. The minimum absolute atomic E-state index is 0.00252. The van der Waals surface area contributed by atoms with Crippen molar-refractivity contribution < 1.29 is 14.7 Å². The van der Waals surface area contributed by atoms with Crippen molar-refractivity contribution in [1.29, 1.82) is 0 Å². The molecule has 0 bridgehead atoms. The fourth-order valence-corrected chi connectivity index (χ4v) is 2.62. The number of halogens is 1. The maximum atomic E-state index is 11.2. The highest BCUT2D eigenvalue weighted by Gasteiger charge is 2.05. The molecule has 0 fully saturated rings. The van der Waals surface area contributed by atoms with Gasteiger partial charge >= 0.3 is 5.97 Å². The minimum atomic E-state index is -0.840. The van der Waals surface area contributed by atoms with Crippen LogP contribution in [0.25, 0.3) is 11.1 Å². The Morgan fingerprint density at radius 2 is 1.48 bits per heavy atom. The van der Waals surface area contributed by atoms with E-state index in [0.29, 0.717) is 0 Å². The average molecular weight is 321 g/mol. The van der Waals surface area contributed by atoms with Crippen molar-refractivity contribution in [2.24, 2.45) is 0 Å². The van der Waals surface area contributed by atoms with Crippen molar-refractivity contribution in [3.05, 3.63) is 54.1 Å². The lowest BCUT2D eigenvalue weighted by atomic mass is 10.0. The van der Waals surface area contributed by atoms with Crippen LogP contribution in [-0.2, 0) is 16.0 Å². The van der Waals surface area contributed by atoms with Crippen LogP contribution in [0.2, 0.25) is 0 Å². The van der Waals surface area contributed by atoms with Crippen LogP contribution in [0.15, 0.2) is 53.4 Å². The van der Waals surface area contributed by atoms with Gasteiger partial charge in [0.05, 0.1) is 12.3 Å². The van der Waals surface area contributed by atoms with E-state index < -0.39 is 5.97 Å². The SMILES string of the molecule is O=C(O)Cc1ccc(-c2ccc(SC(=O)CCl)cc2)cc1. The topological polar surface area (TPSA) is 54.4 Å². The van der Waals surface area contributed by atoms with Gasteiger partial charge in [0.1, 0.15) is 0 Å². The molecule has 3 nitrogen and oxygen atoms in total. The smallest absolute Gasteiger partial charge is 0.307 e. The van der Waals surface area contributed by atoms with E-state index in [1.165, 1.54) is 0 Å². The first kappa shape index (κ1) is 15.6. The van der Waals surface area contributed by atoms with Crippen molar-refractivity contribution in [1.82, 2.24) is 0 Å². The third-order valence-electron chi connectivity index (χ3n) is 2.84. The zero-order valence-corrected chi connectivity index (χ0v) is 12.7. The van der Waals surface area contributed by atoms with Gasteiger partial charge in [0, 0.05) is 4.90 Å². The predicted molar refractivity (Wildman–Crippen MR) is 84.8 cm³/mol. The lowest BCUT2D eigenvalue weighted by molar-refractivity contribution is -0.136. The van der Waals surface area contributed by atoms with Crippen LogP contribution >= 0.6 is 23.4 Å². The summed E-state index contributed by atoms with van der Waals surface area (Å²) in [4.78, 5) is 22.7. The summed E-state index contributed by atoms with van der Waals surface area (Å²) in [6, 6.07) is 15.0. The number of carboxylic acids is 1. The summed E-state index contributed by atoms with van der Waals surface area (Å²) in [6.45, 7) is 0. The fourth-order valence-electron chi connectivity index (χ4n) is 1.86. The van der Waals surface area contributed by atoms with E-state index in [9.17, 15) is 9.59 Å². The predicted octanol–water partition coefficient (Wildman–Crippen LogP) is 3.84. The number of carbonyl (C=O) groups is 2. The number of hydrogen-bond acceptors (Lipinski definition) is 3. The number of thioether (sulfide) groups is 1. The molecule has 5 heteroatoms. The van der Waals surface area contributed by atoms with E-state index in [1.54, 1.807) is 0 Å². The average Bonchev–Trinajstić information content (AvgIpc) is 2.48. The second-order valence-electron chi connectivity index (χ2n) is 4.40. The number of alkyl halides is 1. The van der Waals surface area contributed by atoms with Crippen LogP contribution in [0.5, 0.6) is 0 Å². The van der Waals surface area contributed by atoms with Gasteiger partial charge in [0.25, 0.3) is 0 Å². The van der Waals surface area contributed by atoms with Crippen molar-refractivity contribution in [2.75, 3.05) is 5.88 Å². The quantitative estimate of drug-likeness (QED) is 0.672. The van der Waals surface area contributed by atoms with E-state index in [0.717, 1.165) is 33.3 Å². The Kier molecular flexibility index (Phi) is 5.42. The molecule has 0 spiro atoms. The van der Waals surface area contributed by atoms with Gasteiger partial charge in [-0.3, -0.25) is 9.59 Å². The molecule has 2 aromatic carbocycles. The first-order chi connectivity index (χ1) is 10.1. The second kappa shape index (κ2) is 7.29. The van der Waals surface area contributed by atoms with Crippen molar-refractivity contribution in [2.45, 2.75) is 11.3 Å². The first-order valence-electron chi connectivity index (χ1n) is 6.26. The third kappa shape index (κ3) is 4.62. The van der Waals surface area contributed by atoms with Gasteiger partial charge < -0.3 is 5.11 Å². The van der Waals surface area contributed by atoms with E-state index >= 15 is 0 Å². The summed E-state index contributed by atoms with van der Waals surface area (Å²) in [5.41, 5.74) is 2.79. The summed E-state index contributed by atoms with van der Waals surface area (Å²) in [5, 5.41) is 8.66. The molecular weight excluding hydrogens is 308 g/mol. The van der Waals surface area contributed by atoms with Crippen LogP contribution in [0, 0.1) is 0 Å². The highest BCUT2D eigenvalue weighted by atomic mass is 35.5. The van der Waals surface area contributed by atoms with E-state index in [2.05, 4.69) is 0 Å². The molecule has 21 heavy (non-hydrogen) atoms. The largest absolute Gasteiger partial charge is 0.481 e. The maximum Gasteiger partial charge on any atom is 0.307 e. The first-order valence-corrected chi connectivity index (χ1v) is 7.61. The Bertz CT molecular complexity index is 636. The molecule has 0 amide bonds. The minimum Gasteiger partial charge on any atom is -0.481 e. The molecule has 0 aliphatic heterocycles. The lowest BCUT2D eigenvalue weighted by Crippen LogP contribution is -1.99. The van der Waals surface area contributed by atoms with Crippen LogP contribution in [0.3, 0.4) is 0 Å². The van der Waals surface area contributed by atoms with Crippen molar-refractivity contribution >= 4 is 34.4 Å². The molecule has 0 atom stereocenters. The van der Waals surface area contributed by atoms with Gasteiger partial charge in [-0.25, -0.2) is 0 Å². The summed E-state index contributed by atoms with van der Waals surface area (Å²) in [5.74, 6) is -0.842. The number of carboxylic acid groups (broad SMARTS) is 1. The molecule has 108 valence electrons. The third-order valence-corrected chi connectivity index (χ3v) is 4.12. The van der Waals surface area contributed by atoms with Crippen LogP contribution < -0.4 is 0 Å². The van der Waals surface area contributed by atoms with Crippen LogP contribution in [0.1, 0.15) is 5.56 Å². The molecule has 0 saturated heterocycles. The number of carbonyl (C=O) groups excluding carboxylic acids is 1. The molecule has 0 aliphatic rings. The number of hydrogen-bond donors (Lipinski definition) is 1. The van der Waals surface area contributed by atoms with Crippen molar-refractivity contribution in [3.63, 3.8) is 0 Å². The normalized spacial score (nSPS) is 10.3. The highest BCUT2D eigenvalue weighted by molar-refractivity contribution is 8.13. The monoisotopic (exact) mass is 320 g/mol. The van der Waals surface area contributed by atoms with Crippen LogP contribution in [0.4, 0.5) is 0 Å². The summed E-state index contributed by atoms with van der Waals surface area (Å²) in [7, 11) is 0. The van der Waals surface area contributed by atoms with Crippen LogP contribution in [-0.4, -0.2) is 22.1 Å². The number of rotatable bonds is 5. The number of aliphatic carboxylic acids is 1. The van der Waals surface area contributed by atoms with Gasteiger partial charge in [0.2, 0.25) is 5.12 Å².